The van der Waals surface area contributed by atoms with Crippen LogP contribution in [-0.4, -0.2) is 64.8 Å². The van der Waals surface area contributed by atoms with Crippen molar-refractivity contribution in [2.75, 3.05) is 0 Å². The lowest BCUT2D eigenvalue weighted by Crippen LogP contribution is -2.57. The third kappa shape index (κ3) is 11.1. The average molecular weight is 493 g/mol. The van der Waals surface area contributed by atoms with Gasteiger partial charge in [-0.3, -0.25) is 28.8 Å². The summed E-state index contributed by atoms with van der Waals surface area (Å²) in [5, 5.41) is 16.0. The van der Waals surface area contributed by atoms with Crippen molar-refractivity contribution in [3.05, 3.63) is 35.9 Å². The van der Waals surface area contributed by atoms with Gasteiger partial charge in [0.15, 0.2) is 0 Å². The third-order valence-electron chi connectivity index (χ3n) is 4.99. The molecule has 192 valence electrons. The molecular weight excluding hydrogens is 460 g/mol. The third-order valence-corrected chi connectivity index (χ3v) is 4.99. The van der Waals surface area contributed by atoms with Crippen molar-refractivity contribution in [2.24, 2.45) is 17.2 Å². The van der Waals surface area contributed by atoms with Gasteiger partial charge in [0.05, 0.1) is 6.04 Å². The van der Waals surface area contributed by atoms with Gasteiger partial charge in [-0.15, -0.1) is 0 Å². The highest BCUT2D eigenvalue weighted by atomic mass is 16.4. The minimum absolute atomic E-state index is 0.180. The van der Waals surface area contributed by atoms with E-state index in [1.807, 2.05) is 0 Å². The fourth-order valence-electron chi connectivity index (χ4n) is 3.00. The number of rotatable bonds is 15. The van der Waals surface area contributed by atoms with Gasteiger partial charge in [-0.2, -0.15) is 0 Å². The van der Waals surface area contributed by atoms with Crippen LogP contribution in [0.1, 0.15) is 38.2 Å². The second kappa shape index (κ2) is 14.3. The van der Waals surface area contributed by atoms with Gasteiger partial charge in [-0.25, -0.2) is 0 Å². The van der Waals surface area contributed by atoms with Crippen LogP contribution in [0.25, 0.3) is 0 Å². The summed E-state index contributed by atoms with van der Waals surface area (Å²) in [4.78, 5) is 71.5. The number of hydrogen-bond acceptors (Lipinski definition) is 7. The molecule has 0 saturated carbocycles. The molecule has 1 aromatic carbocycles. The van der Waals surface area contributed by atoms with Gasteiger partial charge in [0.1, 0.15) is 18.1 Å². The van der Waals surface area contributed by atoms with E-state index in [-0.39, 0.29) is 32.1 Å². The van der Waals surface area contributed by atoms with Crippen molar-refractivity contribution >= 4 is 35.5 Å². The molecule has 35 heavy (non-hydrogen) atoms. The molecule has 0 bridgehead atoms. The van der Waals surface area contributed by atoms with Crippen LogP contribution in [0.15, 0.2) is 30.3 Å². The standard InChI is InChI=1S/C22H32N6O7/c1-12(22(34)35)26-20(32)15(7-9-17(24)29)28-21(33)16(8-10-18(25)30)27-19(31)14(23)11-13-5-3-2-4-6-13/h2-6,12,14-16H,7-11,23H2,1H3,(H2,24,29)(H2,25,30)(H,26,32)(H,27,31)(H,28,33)(H,34,35). The van der Waals surface area contributed by atoms with E-state index in [0.29, 0.717) is 0 Å². The number of nitrogens with two attached hydrogens (primary N) is 3. The molecule has 0 radical (unpaired) electrons. The number of carbonyl (C=O) groups excluding carboxylic acids is 5. The van der Waals surface area contributed by atoms with Gasteiger partial charge in [0.2, 0.25) is 29.5 Å². The summed E-state index contributed by atoms with van der Waals surface area (Å²) >= 11 is 0. The molecule has 0 saturated heterocycles. The van der Waals surface area contributed by atoms with E-state index in [0.717, 1.165) is 5.56 Å². The second-order valence-corrected chi connectivity index (χ2v) is 8.00. The highest BCUT2D eigenvalue weighted by Gasteiger charge is 2.29. The molecule has 10 N–H and O–H groups in total. The van der Waals surface area contributed by atoms with Crippen LogP contribution in [0.5, 0.6) is 0 Å². The van der Waals surface area contributed by atoms with Crippen LogP contribution in [0.3, 0.4) is 0 Å². The zero-order valence-corrected chi connectivity index (χ0v) is 19.4. The Hall–Kier alpha value is -4.00. The van der Waals surface area contributed by atoms with E-state index in [2.05, 4.69) is 16.0 Å². The van der Waals surface area contributed by atoms with Gasteiger partial charge in [-0.05, 0) is 31.7 Å². The number of carboxylic acid groups (broad SMARTS) is 1. The molecule has 4 unspecified atom stereocenters. The summed E-state index contributed by atoms with van der Waals surface area (Å²) in [6, 6.07) is 4.05. The Bertz CT molecular complexity index is 924. The summed E-state index contributed by atoms with van der Waals surface area (Å²) in [5.41, 5.74) is 17.0. The van der Waals surface area contributed by atoms with Crippen LogP contribution in [0.4, 0.5) is 0 Å². The van der Waals surface area contributed by atoms with Crippen LogP contribution in [0.2, 0.25) is 0 Å². The Balaban J connectivity index is 2.96. The van der Waals surface area contributed by atoms with Crippen LogP contribution in [0, 0.1) is 0 Å². The first kappa shape index (κ1) is 29.0. The zero-order valence-electron chi connectivity index (χ0n) is 19.4. The maximum absolute atomic E-state index is 12.9. The Kier molecular flexibility index (Phi) is 11.9. The van der Waals surface area contributed by atoms with E-state index in [4.69, 9.17) is 22.3 Å². The molecule has 13 nitrogen and oxygen atoms in total. The molecule has 4 atom stereocenters. The minimum Gasteiger partial charge on any atom is -0.480 e. The first-order valence-corrected chi connectivity index (χ1v) is 10.9. The molecule has 0 fully saturated rings. The predicted molar refractivity (Wildman–Crippen MR) is 124 cm³/mol. The quantitative estimate of drug-likeness (QED) is 0.139. The highest BCUT2D eigenvalue weighted by Crippen LogP contribution is 2.06. The predicted octanol–water partition coefficient (Wildman–Crippen LogP) is -2.35. The van der Waals surface area contributed by atoms with Gasteiger partial charge in [-0.1, -0.05) is 30.3 Å². The molecule has 0 aromatic heterocycles. The molecule has 13 heteroatoms. The monoisotopic (exact) mass is 492 g/mol. The maximum atomic E-state index is 12.9. The number of aliphatic carboxylic acids is 1. The number of amides is 5. The Morgan fingerprint density at radius 1 is 0.800 bits per heavy atom. The SMILES string of the molecule is CC(NC(=O)C(CCC(N)=O)NC(=O)C(CCC(N)=O)NC(=O)C(N)Cc1ccccc1)C(=O)O. The van der Waals surface area contributed by atoms with Crippen LogP contribution in [-0.2, 0) is 35.2 Å². The lowest BCUT2D eigenvalue weighted by Gasteiger charge is -2.24. The average Bonchev–Trinajstić information content (AvgIpc) is 2.79. The van der Waals surface area contributed by atoms with E-state index in [9.17, 15) is 28.8 Å². The molecule has 5 amide bonds. The van der Waals surface area contributed by atoms with Crippen molar-refractivity contribution in [2.45, 2.75) is 63.2 Å². The Morgan fingerprint density at radius 3 is 1.71 bits per heavy atom. The van der Waals surface area contributed by atoms with Gasteiger partial charge in [0, 0.05) is 12.8 Å². The van der Waals surface area contributed by atoms with Gasteiger partial charge in [0.25, 0.3) is 0 Å². The second-order valence-electron chi connectivity index (χ2n) is 8.00. The van der Waals surface area contributed by atoms with Crippen LogP contribution >= 0.6 is 0 Å². The molecule has 0 aliphatic rings. The highest BCUT2D eigenvalue weighted by molar-refractivity contribution is 5.94. The topological polar surface area (TPSA) is 237 Å². The minimum atomic E-state index is -1.33. The summed E-state index contributed by atoms with van der Waals surface area (Å²) in [5.74, 6) is -5.15. The Labute approximate surface area is 202 Å². The summed E-state index contributed by atoms with van der Waals surface area (Å²) in [7, 11) is 0. The molecule has 0 spiro atoms. The lowest BCUT2D eigenvalue weighted by atomic mass is 10.0. The fraction of sp³-hybridized carbons (Fsp3) is 0.455. The first-order chi connectivity index (χ1) is 16.4. The van der Waals surface area contributed by atoms with Gasteiger partial charge >= 0.3 is 5.97 Å². The van der Waals surface area contributed by atoms with E-state index < -0.39 is 59.7 Å². The van der Waals surface area contributed by atoms with Crippen molar-refractivity contribution < 1.29 is 33.9 Å². The number of nitrogens with one attached hydrogen (secondary N) is 3. The van der Waals surface area contributed by atoms with E-state index in [1.54, 1.807) is 30.3 Å². The lowest BCUT2D eigenvalue weighted by molar-refractivity contribution is -0.142. The van der Waals surface area contributed by atoms with Crippen LogP contribution < -0.4 is 33.2 Å². The molecule has 0 aliphatic carbocycles. The summed E-state index contributed by atoms with van der Waals surface area (Å²) in [6.45, 7) is 1.22. The van der Waals surface area contributed by atoms with E-state index >= 15 is 0 Å². The number of hydrogen-bond donors (Lipinski definition) is 7. The number of carboxylic acids is 1. The molecular formula is C22H32N6O7. The fourth-order valence-corrected chi connectivity index (χ4v) is 3.00. The van der Waals surface area contributed by atoms with E-state index in [1.165, 1.54) is 6.92 Å². The van der Waals surface area contributed by atoms with Crippen molar-refractivity contribution in [3.8, 4) is 0 Å². The smallest absolute Gasteiger partial charge is 0.325 e. The largest absolute Gasteiger partial charge is 0.480 e. The molecule has 0 aliphatic heterocycles. The Morgan fingerprint density at radius 2 is 1.26 bits per heavy atom. The maximum Gasteiger partial charge on any atom is 0.325 e. The number of benzene rings is 1. The molecule has 0 heterocycles. The normalized spacial score (nSPS) is 14.0. The van der Waals surface area contributed by atoms with Gasteiger partial charge < -0.3 is 38.3 Å². The van der Waals surface area contributed by atoms with Crippen molar-refractivity contribution in [3.63, 3.8) is 0 Å². The molecule has 1 aromatic rings. The van der Waals surface area contributed by atoms with Crippen molar-refractivity contribution in [1.29, 1.82) is 0 Å². The first-order valence-electron chi connectivity index (χ1n) is 10.9. The summed E-state index contributed by atoms with van der Waals surface area (Å²) in [6.07, 6.45) is -0.738. The zero-order chi connectivity index (χ0) is 26.5. The molecule has 1 rings (SSSR count). The number of carbonyl (C=O) groups is 6. The van der Waals surface area contributed by atoms with Crippen molar-refractivity contribution in [1.82, 2.24) is 16.0 Å². The number of primary amides is 2. The summed E-state index contributed by atoms with van der Waals surface area (Å²) < 4.78 is 0.